The number of carbonyl (C=O) groups excluding carboxylic acids is 1. The van der Waals surface area contributed by atoms with Gasteiger partial charge < -0.3 is 25.0 Å². The average Bonchev–Trinajstić information content (AvgIpc) is 3.18. The first-order valence-electron chi connectivity index (χ1n) is 12.1. The maximum Gasteiger partial charge on any atom is 0.256 e. The fraction of sp³-hybridized carbons (Fsp3) is 0.519. The zero-order chi connectivity index (χ0) is 23.2. The summed E-state index contributed by atoms with van der Waals surface area (Å²) in [6.45, 7) is 10.7. The smallest absolute Gasteiger partial charge is 0.256 e. The SMILES string of the molecule is CC1(O)CCN(C(=O)c2cccc3c2NC(c2cccc(N4CCOCC4)c2)CC3(C)C)C1. The molecule has 0 aliphatic carbocycles. The number of carbonyl (C=O) groups is 1. The number of anilines is 2. The zero-order valence-electron chi connectivity index (χ0n) is 19.9. The summed E-state index contributed by atoms with van der Waals surface area (Å²) in [5.41, 5.74) is 4.40. The minimum absolute atomic E-state index is 0.00403. The third kappa shape index (κ3) is 4.34. The van der Waals surface area contributed by atoms with E-state index in [1.54, 1.807) is 11.8 Å². The van der Waals surface area contributed by atoms with E-state index in [0.29, 0.717) is 25.1 Å². The van der Waals surface area contributed by atoms with Crippen molar-refractivity contribution in [3.8, 4) is 0 Å². The van der Waals surface area contributed by atoms with Crippen LogP contribution in [-0.2, 0) is 10.2 Å². The Bertz CT molecular complexity index is 1040. The molecule has 2 aromatic carbocycles. The third-order valence-electron chi connectivity index (χ3n) is 7.44. The summed E-state index contributed by atoms with van der Waals surface area (Å²) >= 11 is 0. The van der Waals surface area contributed by atoms with Crippen LogP contribution in [0.5, 0.6) is 0 Å². The highest BCUT2D eigenvalue weighted by atomic mass is 16.5. The molecule has 3 heterocycles. The second-order valence-electron chi connectivity index (χ2n) is 10.7. The van der Waals surface area contributed by atoms with E-state index >= 15 is 0 Å². The van der Waals surface area contributed by atoms with Gasteiger partial charge in [0.15, 0.2) is 0 Å². The van der Waals surface area contributed by atoms with Gasteiger partial charge in [-0.05, 0) is 54.5 Å². The Morgan fingerprint density at radius 2 is 1.85 bits per heavy atom. The topological polar surface area (TPSA) is 65.0 Å². The summed E-state index contributed by atoms with van der Waals surface area (Å²) in [6.07, 6.45) is 1.56. The fourth-order valence-corrected chi connectivity index (χ4v) is 5.55. The van der Waals surface area contributed by atoms with Crippen LogP contribution in [-0.4, -0.2) is 60.9 Å². The van der Waals surface area contributed by atoms with Crippen molar-refractivity contribution >= 4 is 17.3 Å². The van der Waals surface area contributed by atoms with Crippen LogP contribution in [0.25, 0.3) is 0 Å². The monoisotopic (exact) mass is 449 g/mol. The Hall–Kier alpha value is -2.57. The van der Waals surface area contributed by atoms with E-state index < -0.39 is 5.60 Å². The highest BCUT2D eigenvalue weighted by Crippen LogP contribution is 2.46. The zero-order valence-corrected chi connectivity index (χ0v) is 19.9. The molecule has 2 fully saturated rings. The van der Waals surface area contributed by atoms with E-state index in [9.17, 15) is 9.90 Å². The number of benzene rings is 2. The first-order chi connectivity index (χ1) is 15.7. The Balaban J connectivity index is 1.46. The molecule has 0 radical (unpaired) electrons. The molecule has 33 heavy (non-hydrogen) atoms. The van der Waals surface area contributed by atoms with Gasteiger partial charge in [0.05, 0.1) is 36.1 Å². The minimum Gasteiger partial charge on any atom is -0.388 e. The van der Waals surface area contributed by atoms with Crippen LogP contribution in [0.15, 0.2) is 42.5 Å². The van der Waals surface area contributed by atoms with Gasteiger partial charge in [0, 0.05) is 31.9 Å². The van der Waals surface area contributed by atoms with Crippen molar-refractivity contribution in [3.63, 3.8) is 0 Å². The van der Waals surface area contributed by atoms with E-state index in [-0.39, 0.29) is 17.4 Å². The maximum absolute atomic E-state index is 13.5. The molecular formula is C27H35N3O3. The molecule has 1 amide bonds. The minimum atomic E-state index is -0.806. The van der Waals surface area contributed by atoms with Gasteiger partial charge in [0.2, 0.25) is 0 Å². The lowest BCUT2D eigenvalue weighted by Crippen LogP contribution is -2.37. The summed E-state index contributed by atoms with van der Waals surface area (Å²) in [4.78, 5) is 17.6. The summed E-state index contributed by atoms with van der Waals surface area (Å²) < 4.78 is 5.52. The molecule has 0 aromatic heterocycles. The number of hydrogen-bond donors (Lipinski definition) is 2. The van der Waals surface area contributed by atoms with Gasteiger partial charge in [-0.25, -0.2) is 0 Å². The molecule has 6 nitrogen and oxygen atoms in total. The molecule has 0 bridgehead atoms. The Labute approximate surface area is 196 Å². The van der Waals surface area contributed by atoms with Gasteiger partial charge >= 0.3 is 0 Å². The number of aliphatic hydroxyl groups is 1. The van der Waals surface area contributed by atoms with Crippen molar-refractivity contribution in [3.05, 3.63) is 59.2 Å². The van der Waals surface area contributed by atoms with E-state index in [4.69, 9.17) is 4.74 Å². The number of amides is 1. The Morgan fingerprint density at radius 3 is 2.58 bits per heavy atom. The summed E-state index contributed by atoms with van der Waals surface area (Å²) in [6, 6.07) is 14.9. The molecule has 0 spiro atoms. The number of morpholine rings is 1. The number of hydrogen-bond acceptors (Lipinski definition) is 5. The normalized spacial score (nSPS) is 26.6. The van der Waals surface area contributed by atoms with E-state index in [1.807, 2.05) is 12.1 Å². The molecule has 3 aliphatic rings. The number of nitrogens with zero attached hydrogens (tertiary/aromatic N) is 2. The van der Waals surface area contributed by atoms with Gasteiger partial charge in [-0.3, -0.25) is 4.79 Å². The highest BCUT2D eigenvalue weighted by molar-refractivity contribution is 6.01. The van der Waals surface area contributed by atoms with Gasteiger partial charge in [0.25, 0.3) is 5.91 Å². The summed E-state index contributed by atoms with van der Waals surface area (Å²) in [5.74, 6) is -0.00403. The molecule has 176 valence electrons. The van der Waals surface area contributed by atoms with Crippen molar-refractivity contribution in [1.29, 1.82) is 0 Å². The van der Waals surface area contributed by atoms with Gasteiger partial charge in [0.1, 0.15) is 0 Å². The van der Waals surface area contributed by atoms with Crippen molar-refractivity contribution in [2.75, 3.05) is 49.6 Å². The standard InChI is InChI=1S/C27H35N3O3/c1-26(2)17-23(19-6-4-7-20(16-19)29-12-14-33-15-13-29)28-24-21(8-5-9-22(24)26)25(31)30-11-10-27(3,32)18-30/h4-9,16,23,28,32H,10-15,17-18H2,1-3H3. The highest BCUT2D eigenvalue weighted by Gasteiger charge is 2.39. The lowest BCUT2D eigenvalue weighted by molar-refractivity contribution is 0.0572. The number of fused-ring (bicyclic) bond motifs is 1. The molecule has 3 aliphatic heterocycles. The molecule has 2 atom stereocenters. The Kier molecular flexibility index (Phi) is 5.61. The van der Waals surface area contributed by atoms with Crippen molar-refractivity contribution in [2.24, 2.45) is 0 Å². The third-order valence-corrected chi connectivity index (χ3v) is 7.44. The molecule has 6 heteroatoms. The van der Waals surface area contributed by atoms with E-state index in [1.165, 1.54) is 16.8 Å². The quantitative estimate of drug-likeness (QED) is 0.743. The lowest BCUT2D eigenvalue weighted by atomic mass is 9.73. The second kappa shape index (κ2) is 8.33. The van der Waals surface area contributed by atoms with E-state index in [0.717, 1.165) is 38.4 Å². The predicted octanol–water partition coefficient (Wildman–Crippen LogP) is 3.95. The van der Waals surface area contributed by atoms with Crippen LogP contribution in [0.3, 0.4) is 0 Å². The summed E-state index contributed by atoms with van der Waals surface area (Å²) in [5, 5.41) is 14.1. The number of β-amino-alcohol motifs (C(OH)–C–C–N with tert-alkyl or cyclic N) is 1. The molecule has 2 N–H and O–H groups in total. The van der Waals surface area contributed by atoms with Crippen LogP contribution in [0, 0.1) is 0 Å². The van der Waals surface area contributed by atoms with Crippen LogP contribution in [0.1, 0.15) is 61.1 Å². The van der Waals surface area contributed by atoms with Crippen LogP contribution < -0.4 is 10.2 Å². The number of para-hydroxylation sites is 1. The lowest BCUT2D eigenvalue weighted by Gasteiger charge is -2.40. The first kappa shape index (κ1) is 22.2. The van der Waals surface area contributed by atoms with Crippen molar-refractivity contribution in [1.82, 2.24) is 4.90 Å². The van der Waals surface area contributed by atoms with Crippen molar-refractivity contribution in [2.45, 2.75) is 50.7 Å². The molecule has 0 saturated carbocycles. The van der Waals surface area contributed by atoms with Gasteiger partial charge in [-0.1, -0.05) is 38.1 Å². The molecule has 2 unspecified atom stereocenters. The molecular weight excluding hydrogens is 414 g/mol. The summed E-state index contributed by atoms with van der Waals surface area (Å²) in [7, 11) is 0. The predicted molar refractivity (Wildman–Crippen MR) is 131 cm³/mol. The number of ether oxygens (including phenoxy) is 1. The van der Waals surface area contributed by atoms with Gasteiger partial charge in [-0.2, -0.15) is 0 Å². The molecule has 5 rings (SSSR count). The first-order valence-corrected chi connectivity index (χ1v) is 12.1. The average molecular weight is 450 g/mol. The number of likely N-dealkylation sites (tertiary alicyclic amines) is 1. The molecule has 2 saturated heterocycles. The van der Waals surface area contributed by atoms with E-state index in [2.05, 4.69) is 54.4 Å². The molecule has 2 aromatic rings. The van der Waals surface area contributed by atoms with Crippen LogP contribution in [0.4, 0.5) is 11.4 Å². The van der Waals surface area contributed by atoms with Crippen LogP contribution in [0.2, 0.25) is 0 Å². The van der Waals surface area contributed by atoms with Crippen LogP contribution >= 0.6 is 0 Å². The largest absolute Gasteiger partial charge is 0.388 e. The van der Waals surface area contributed by atoms with Gasteiger partial charge in [-0.15, -0.1) is 0 Å². The maximum atomic E-state index is 13.5. The Morgan fingerprint density at radius 1 is 1.09 bits per heavy atom. The number of rotatable bonds is 3. The number of nitrogens with one attached hydrogen (secondary N) is 1. The fourth-order valence-electron chi connectivity index (χ4n) is 5.55. The van der Waals surface area contributed by atoms with Crippen molar-refractivity contribution < 1.29 is 14.6 Å². The second-order valence-corrected chi connectivity index (χ2v) is 10.7.